The van der Waals surface area contributed by atoms with Crippen molar-refractivity contribution in [1.82, 2.24) is 0 Å². The minimum absolute atomic E-state index is 0.00848. The van der Waals surface area contributed by atoms with Gasteiger partial charge in [-0.25, -0.2) is 0 Å². The summed E-state index contributed by atoms with van der Waals surface area (Å²) in [6.45, 7) is 7.27. The van der Waals surface area contributed by atoms with Crippen LogP contribution in [0.3, 0.4) is 0 Å². The molecule has 0 fully saturated rings. The quantitative estimate of drug-likeness (QED) is 0.153. The standard InChI is InChI=1S/C58H45N/c1-57(2)56-38-45(30-32-54(56)55-26-8-9-33-58(55,57)3)43-18-11-21-48(36-43)59(47-20-10-17-42(35-47)44-28-27-39-14-4-5-16-41(39)34-44)49-22-12-19-46(37-49)51-24-13-25-52-50-23-7-6-15-40(50)29-31-53(51)52/h4-38,55H,1-3H3. The predicted molar refractivity (Wildman–Crippen MR) is 252 cm³/mol. The van der Waals surface area contributed by atoms with E-state index in [1.54, 1.807) is 0 Å². The zero-order valence-corrected chi connectivity index (χ0v) is 33.7. The van der Waals surface area contributed by atoms with Crippen LogP contribution in [-0.4, -0.2) is 0 Å². The minimum atomic E-state index is -0.00848. The first-order chi connectivity index (χ1) is 28.9. The van der Waals surface area contributed by atoms with Crippen LogP contribution in [0.2, 0.25) is 0 Å². The molecule has 0 saturated carbocycles. The van der Waals surface area contributed by atoms with Gasteiger partial charge in [0, 0.05) is 28.4 Å². The number of allylic oxidation sites excluding steroid dienone is 4. The Labute approximate surface area is 347 Å². The molecule has 0 radical (unpaired) electrons. The molecule has 0 aromatic heterocycles. The molecule has 2 unspecified atom stereocenters. The Kier molecular flexibility index (Phi) is 8.10. The summed E-state index contributed by atoms with van der Waals surface area (Å²) in [6, 6.07) is 69.7. The molecule has 1 heteroatoms. The molecule has 282 valence electrons. The van der Waals surface area contributed by atoms with Gasteiger partial charge >= 0.3 is 0 Å². The van der Waals surface area contributed by atoms with Crippen LogP contribution in [0.5, 0.6) is 0 Å². The van der Waals surface area contributed by atoms with Gasteiger partial charge in [0.1, 0.15) is 0 Å². The topological polar surface area (TPSA) is 3.24 Å². The molecular weight excluding hydrogens is 711 g/mol. The Balaban J connectivity index is 1.06. The second-order valence-corrected chi connectivity index (χ2v) is 17.2. The van der Waals surface area contributed by atoms with E-state index in [0.29, 0.717) is 5.92 Å². The molecule has 59 heavy (non-hydrogen) atoms. The highest BCUT2D eigenvalue weighted by atomic mass is 15.1. The smallest absolute Gasteiger partial charge is 0.0467 e. The van der Waals surface area contributed by atoms with Gasteiger partial charge < -0.3 is 4.90 Å². The number of fused-ring (bicyclic) bond motifs is 7. The zero-order valence-electron chi connectivity index (χ0n) is 33.7. The van der Waals surface area contributed by atoms with Crippen molar-refractivity contribution in [3.63, 3.8) is 0 Å². The van der Waals surface area contributed by atoms with Crippen LogP contribution in [0.4, 0.5) is 17.1 Å². The van der Waals surface area contributed by atoms with Gasteiger partial charge in [0.2, 0.25) is 0 Å². The maximum atomic E-state index is 2.47. The van der Waals surface area contributed by atoms with Gasteiger partial charge in [0.05, 0.1) is 0 Å². The predicted octanol–water partition coefficient (Wildman–Crippen LogP) is 16.1. The van der Waals surface area contributed by atoms with Crippen molar-refractivity contribution in [2.45, 2.75) is 32.1 Å². The molecule has 1 nitrogen and oxygen atoms in total. The molecule has 2 aliphatic rings. The highest BCUT2D eigenvalue weighted by Crippen LogP contribution is 2.61. The van der Waals surface area contributed by atoms with Gasteiger partial charge in [0.15, 0.2) is 0 Å². The van der Waals surface area contributed by atoms with Crippen LogP contribution in [-0.2, 0) is 5.41 Å². The number of nitrogens with zero attached hydrogens (tertiary/aromatic N) is 1. The van der Waals surface area contributed by atoms with Crippen molar-refractivity contribution in [3.05, 3.63) is 223 Å². The summed E-state index contributed by atoms with van der Waals surface area (Å²) in [7, 11) is 0. The fourth-order valence-corrected chi connectivity index (χ4v) is 10.2. The highest BCUT2D eigenvalue weighted by Gasteiger charge is 2.53. The summed E-state index contributed by atoms with van der Waals surface area (Å²) in [5.74, 6) is 0.385. The van der Waals surface area contributed by atoms with E-state index in [-0.39, 0.29) is 10.8 Å². The van der Waals surface area contributed by atoms with E-state index < -0.39 is 0 Å². The lowest BCUT2D eigenvalue weighted by Gasteiger charge is -2.41. The Morgan fingerprint density at radius 1 is 0.407 bits per heavy atom. The third-order valence-electron chi connectivity index (χ3n) is 13.7. The molecule has 0 amide bonds. The zero-order chi connectivity index (χ0) is 39.7. The molecule has 0 saturated heterocycles. The van der Waals surface area contributed by atoms with Crippen LogP contribution in [0.25, 0.3) is 65.7 Å². The summed E-state index contributed by atoms with van der Waals surface area (Å²) in [4.78, 5) is 2.43. The molecule has 9 aromatic rings. The van der Waals surface area contributed by atoms with Crippen LogP contribution < -0.4 is 4.90 Å². The van der Waals surface area contributed by atoms with E-state index in [4.69, 9.17) is 0 Å². The molecule has 0 aliphatic heterocycles. The Morgan fingerprint density at radius 3 is 1.75 bits per heavy atom. The lowest BCUT2D eigenvalue weighted by Crippen LogP contribution is -2.36. The summed E-state index contributed by atoms with van der Waals surface area (Å²) in [5.41, 5.74) is 13.5. The normalized spacial score (nSPS) is 17.6. The second kappa shape index (κ2) is 13.6. The number of benzene rings is 9. The Hall–Kier alpha value is -6.96. The summed E-state index contributed by atoms with van der Waals surface area (Å²) in [5, 5.41) is 7.57. The number of anilines is 3. The van der Waals surface area contributed by atoms with Crippen molar-refractivity contribution in [3.8, 4) is 33.4 Å². The molecule has 0 spiro atoms. The van der Waals surface area contributed by atoms with Gasteiger partial charge in [-0.05, 0) is 125 Å². The monoisotopic (exact) mass is 755 g/mol. The van der Waals surface area contributed by atoms with E-state index in [1.165, 1.54) is 76.8 Å². The molecule has 11 rings (SSSR count). The van der Waals surface area contributed by atoms with Crippen LogP contribution in [0.1, 0.15) is 37.8 Å². The first-order valence-electron chi connectivity index (χ1n) is 20.9. The van der Waals surface area contributed by atoms with Crippen molar-refractivity contribution in [2.75, 3.05) is 4.90 Å². The van der Waals surface area contributed by atoms with Gasteiger partial charge in [-0.1, -0.05) is 191 Å². The minimum Gasteiger partial charge on any atom is -0.310 e. The van der Waals surface area contributed by atoms with Gasteiger partial charge in [0.25, 0.3) is 0 Å². The van der Waals surface area contributed by atoms with Crippen LogP contribution in [0.15, 0.2) is 212 Å². The van der Waals surface area contributed by atoms with Gasteiger partial charge in [-0.3, -0.25) is 0 Å². The molecular formula is C58H45N. The molecule has 2 atom stereocenters. The van der Waals surface area contributed by atoms with Crippen molar-refractivity contribution >= 4 is 49.4 Å². The van der Waals surface area contributed by atoms with E-state index in [1.807, 2.05) is 0 Å². The lowest BCUT2D eigenvalue weighted by atomic mass is 9.62. The largest absolute Gasteiger partial charge is 0.310 e. The first kappa shape index (κ1) is 35.2. The van der Waals surface area contributed by atoms with E-state index in [9.17, 15) is 0 Å². The Bertz CT molecular complexity index is 3180. The molecule has 9 aromatic carbocycles. The fraction of sp³-hybridized carbons (Fsp3) is 0.103. The van der Waals surface area contributed by atoms with Crippen molar-refractivity contribution < 1.29 is 0 Å². The number of rotatable bonds is 6. The third-order valence-corrected chi connectivity index (χ3v) is 13.7. The third kappa shape index (κ3) is 5.68. The summed E-state index contributed by atoms with van der Waals surface area (Å²) < 4.78 is 0. The number of hydrogen-bond acceptors (Lipinski definition) is 1. The fourth-order valence-electron chi connectivity index (χ4n) is 10.2. The van der Waals surface area contributed by atoms with Crippen molar-refractivity contribution in [1.29, 1.82) is 0 Å². The molecule has 0 N–H and O–H groups in total. The Morgan fingerprint density at radius 2 is 0.983 bits per heavy atom. The lowest BCUT2D eigenvalue weighted by molar-refractivity contribution is 0.245. The van der Waals surface area contributed by atoms with Gasteiger partial charge in [-0.15, -0.1) is 0 Å². The van der Waals surface area contributed by atoms with Gasteiger partial charge in [-0.2, -0.15) is 0 Å². The van der Waals surface area contributed by atoms with Crippen molar-refractivity contribution in [2.24, 2.45) is 5.41 Å². The highest BCUT2D eigenvalue weighted by molar-refractivity contribution is 6.12. The average molecular weight is 756 g/mol. The van der Waals surface area contributed by atoms with E-state index in [0.717, 1.165) is 17.1 Å². The first-order valence-corrected chi connectivity index (χ1v) is 20.9. The molecule has 0 heterocycles. The summed E-state index contributed by atoms with van der Waals surface area (Å²) in [6.07, 6.45) is 9.27. The second-order valence-electron chi connectivity index (χ2n) is 17.2. The van der Waals surface area contributed by atoms with E-state index in [2.05, 4.69) is 238 Å². The maximum Gasteiger partial charge on any atom is 0.0467 e. The van der Waals surface area contributed by atoms with Crippen LogP contribution >= 0.6 is 0 Å². The average Bonchev–Trinajstić information content (AvgIpc) is 3.46. The molecule has 0 bridgehead atoms. The maximum absolute atomic E-state index is 2.47. The number of hydrogen-bond donors (Lipinski definition) is 0. The van der Waals surface area contributed by atoms with E-state index >= 15 is 0 Å². The van der Waals surface area contributed by atoms with Crippen LogP contribution in [0, 0.1) is 5.41 Å². The summed E-state index contributed by atoms with van der Waals surface area (Å²) >= 11 is 0. The SMILES string of the molecule is CC1(C)c2cc(-c3cccc(N(c4cccc(-c5ccc6ccccc6c5)c4)c4cccc(-c5cccc6c5ccc5ccccc56)c4)c3)ccc2C2C=CC=CC21C. The molecule has 2 aliphatic carbocycles.